The lowest BCUT2D eigenvalue weighted by Crippen LogP contribution is -2.33. The summed E-state index contributed by atoms with van der Waals surface area (Å²) in [6.45, 7) is 0.668. The molecule has 1 fully saturated rings. The molecule has 0 aliphatic heterocycles. The standard InChI is InChI=1S/C18H23N3O2/c22-17-4-1-3-15(11-17)13-19-18(23)12-14-5-7-16(8-6-14)21-10-2-9-20-21/h2,5-10,15,17,22H,1,3-4,11-13H2,(H,19,23). The number of benzene rings is 1. The summed E-state index contributed by atoms with van der Waals surface area (Å²) in [5.74, 6) is 0.446. The summed E-state index contributed by atoms with van der Waals surface area (Å²) < 4.78 is 1.79. The third kappa shape index (κ3) is 4.42. The van der Waals surface area contributed by atoms with E-state index in [0.717, 1.165) is 36.9 Å². The second-order valence-electron chi connectivity index (χ2n) is 6.28. The molecule has 2 N–H and O–H groups in total. The number of nitrogens with zero attached hydrogens (tertiary/aromatic N) is 2. The number of amides is 1. The average Bonchev–Trinajstić information content (AvgIpc) is 3.08. The van der Waals surface area contributed by atoms with E-state index in [-0.39, 0.29) is 12.0 Å². The third-order valence-electron chi connectivity index (χ3n) is 4.41. The van der Waals surface area contributed by atoms with Crippen LogP contribution in [-0.4, -0.2) is 33.4 Å². The van der Waals surface area contributed by atoms with Gasteiger partial charge in [0.05, 0.1) is 18.2 Å². The smallest absolute Gasteiger partial charge is 0.224 e. The number of hydrogen-bond donors (Lipinski definition) is 2. The molecule has 0 spiro atoms. The van der Waals surface area contributed by atoms with Crippen LogP contribution in [0, 0.1) is 5.92 Å². The fourth-order valence-electron chi connectivity index (χ4n) is 3.14. The zero-order chi connectivity index (χ0) is 16.1. The maximum atomic E-state index is 12.1. The Morgan fingerprint density at radius 1 is 1.30 bits per heavy atom. The molecular formula is C18H23N3O2. The first-order valence-electron chi connectivity index (χ1n) is 8.24. The number of nitrogens with one attached hydrogen (secondary N) is 1. The van der Waals surface area contributed by atoms with Crippen molar-refractivity contribution in [1.29, 1.82) is 0 Å². The number of aliphatic hydroxyl groups excluding tert-OH is 1. The highest BCUT2D eigenvalue weighted by atomic mass is 16.3. The van der Waals surface area contributed by atoms with Gasteiger partial charge in [0, 0.05) is 18.9 Å². The Balaban J connectivity index is 1.48. The van der Waals surface area contributed by atoms with Gasteiger partial charge in [0.25, 0.3) is 0 Å². The lowest BCUT2D eigenvalue weighted by Gasteiger charge is -2.25. The Hall–Kier alpha value is -2.14. The lowest BCUT2D eigenvalue weighted by molar-refractivity contribution is -0.120. The summed E-state index contributed by atoms with van der Waals surface area (Å²) in [6.07, 6.45) is 7.66. The van der Waals surface area contributed by atoms with E-state index >= 15 is 0 Å². The highest BCUT2D eigenvalue weighted by Gasteiger charge is 2.20. The van der Waals surface area contributed by atoms with Crippen LogP contribution in [-0.2, 0) is 11.2 Å². The lowest BCUT2D eigenvalue weighted by atomic mass is 9.87. The third-order valence-corrected chi connectivity index (χ3v) is 4.41. The fourth-order valence-corrected chi connectivity index (χ4v) is 3.14. The van der Waals surface area contributed by atoms with E-state index in [2.05, 4.69) is 10.4 Å². The zero-order valence-electron chi connectivity index (χ0n) is 13.2. The van der Waals surface area contributed by atoms with Crippen LogP contribution in [0.2, 0.25) is 0 Å². The molecule has 0 bridgehead atoms. The van der Waals surface area contributed by atoms with Crippen LogP contribution in [0.3, 0.4) is 0 Å². The van der Waals surface area contributed by atoms with Crippen molar-refractivity contribution in [1.82, 2.24) is 15.1 Å². The van der Waals surface area contributed by atoms with Crippen LogP contribution in [0.4, 0.5) is 0 Å². The summed E-state index contributed by atoms with van der Waals surface area (Å²) in [5.41, 5.74) is 1.97. The molecule has 1 amide bonds. The minimum Gasteiger partial charge on any atom is -0.393 e. The van der Waals surface area contributed by atoms with E-state index in [1.54, 1.807) is 10.9 Å². The normalized spacial score (nSPS) is 21.1. The molecule has 1 heterocycles. The van der Waals surface area contributed by atoms with E-state index in [1.165, 1.54) is 0 Å². The largest absolute Gasteiger partial charge is 0.393 e. The molecule has 0 radical (unpaired) electrons. The van der Waals surface area contributed by atoms with E-state index in [0.29, 0.717) is 18.9 Å². The van der Waals surface area contributed by atoms with E-state index in [4.69, 9.17) is 0 Å². The number of carbonyl (C=O) groups excluding carboxylic acids is 1. The van der Waals surface area contributed by atoms with Crippen LogP contribution < -0.4 is 5.32 Å². The number of carbonyl (C=O) groups is 1. The first-order valence-corrected chi connectivity index (χ1v) is 8.24. The van der Waals surface area contributed by atoms with Gasteiger partial charge in [-0.15, -0.1) is 0 Å². The summed E-state index contributed by atoms with van der Waals surface area (Å²) in [4.78, 5) is 12.1. The Labute approximate surface area is 136 Å². The molecule has 1 saturated carbocycles. The molecule has 5 nitrogen and oxygen atoms in total. The maximum absolute atomic E-state index is 12.1. The molecule has 3 rings (SSSR count). The number of hydrogen-bond acceptors (Lipinski definition) is 3. The monoisotopic (exact) mass is 313 g/mol. The molecule has 1 aromatic carbocycles. The molecule has 1 aliphatic rings. The van der Waals surface area contributed by atoms with Crippen LogP contribution in [0.15, 0.2) is 42.7 Å². The summed E-state index contributed by atoms with van der Waals surface area (Å²) in [5, 5.41) is 16.8. The van der Waals surface area contributed by atoms with Gasteiger partial charge < -0.3 is 10.4 Å². The molecule has 2 unspecified atom stereocenters. The number of rotatable bonds is 5. The molecule has 23 heavy (non-hydrogen) atoms. The molecule has 5 heteroatoms. The number of aliphatic hydroxyl groups is 1. The van der Waals surface area contributed by atoms with Gasteiger partial charge in [-0.1, -0.05) is 18.6 Å². The summed E-state index contributed by atoms with van der Waals surface area (Å²) >= 11 is 0. The van der Waals surface area contributed by atoms with Gasteiger partial charge in [0.2, 0.25) is 5.91 Å². The second-order valence-corrected chi connectivity index (χ2v) is 6.28. The van der Waals surface area contributed by atoms with Crippen molar-refractivity contribution in [2.75, 3.05) is 6.54 Å². The van der Waals surface area contributed by atoms with Crippen molar-refractivity contribution in [3.05, 3.63) is 48.3 Å². The van der Waals surface area contributed by atoms with Gasteiger partial charge >= 0.3 is 0 Å². The van der Waals surface area contributed by atoms with Crippen molar-refractivity contribution >= 4 is 5.91 Å². The highest BCUT2D eigenvalue weighted by molar-refractivity contribution is 5.78. The molecular weight excluding hydrogens is 290 g/mol. The molecule has 2 atom stereocenters. The van der Waals surface area contributed by atoms with E-state index in [9.17, 15) is 9.90 Å². The molecule has 2 aromatic rings. The Bertz CT molecular complexity index is 622. The summed E-state index contributed by atoms with van der Waals surface area (Å²) in [7, 11) is 0. The predicted octanol–water partition coefficient (Wildman–Crippen LogP) is 2.08. The van der Waals surface area contributed by atoms with Gasteiger partial charge in [0.1, 0.15) is 0 Å². The van der Waals surface area contributed by atoms with Crippen LogP contribution in [0.5, 0.6) is 0 Å². The van der Waals surface area contributed by atoms with E-state index in [1.807, 2.05) is 36.5 Å². The average molecular weight is 313 g/mol. The summed E-state index contributed by atoms with van der Waals surface area (Å²) in [6, 6.07) is 9.73. The number of aromatic nitrogens is 2. The van der Waals surface area contributed by atoms with Gasteiger partial charge in [0.15, 0.2) is 0 Å². The fraction of sp³-hybridized carbons (Fsp3) is 0.444. The molecule has 122 valence electrons. The first kappa shape index (κ1) is 15.7. The van der Waals surface area contributed by atoms with Gasteiger partial charge in [-0.25, -0.2) is 4.68 Å². The van der Waals surface area contributed by atoms with Crippen LogP contribution in [0.25, 0.3) is 5.69 Å². The maximum Gasteiger partial charge on any atom is 0.224 e. The van der Waals surface area contributed by atoms with Crippen LogP contribution >= 0.6 is 0 Å². The quantitative estimate of drug-likeness (QED) is 0.888. The van der Waals surface area contributed by atoms with Gasteiger partial charge in [-0.3, -0.25) is 4.79 Å². The Morgan fingerprint density at radius 2 is 2.13 bits per heavy atom. The van der Waals surface area contributed by atoms with Crippen molar-refractivity contribution < 1.29 is 9.90 Å². The van der Waals surface area contributed by atoms with Crippen molar-refractivity contribution in [3.63, 3.8) is 0 Å². The predicted molar refractivity (Wildman–Crippen MR) is 88.2 cm³/mol. The Morgan fingerprint density at radius 3 is 2.83 bits per heavy atom. The molecule has 0 saturated heterocycles. The second kappa shape index (κ2) is 7.42. The minimum absolute atomic E-state index is 0.0388. The van der Waals surface area contributed by atoms with E-state index < -0.39 is 0 Å². The van der Waals surface area contributed by atoms with Crippen molar-refractivity contribution in [2.45, 2.75) is 38.2 Å². The molecule has 1 aromatic heterocycles. The van der Waals surface area contributed by atoms with Crippen LogP contribution in [0.1, 0.15) is 31.2 Å². The topological polar surface area (TPSA) is 67.2 Å². The first-order chi connectivity index (χ1) is 11.2. The highest BCUT2D eigenvalue weighted by Crippen LogP contribution is 2.23. The van der Waals surface area contributed by atoms with Gasteiger partial charge in [-0.05, 0) is 48.9 Å². The van der Waals surface area contributed by atoms with Crippen molar-refractivity contribution in [3.8, 4) is 5.69 Å². The Kier molecular flexibility index (Phi) is 5.08. The molecule has 1 aliphatic carbocycles. The zero-order valence-corrected chi connectivity index (χ0v) is 13.2. The van der Waals surface area contributed by atoms with Gasteiger partial charge in [-0.2, -0.15) is 5.10 Å². The SMILES string of the molecule is O=C(Cc1ccc(-n2cccn2)cc1)NCC1CCCC(O)C1. The minimum atomic E-state index is -0.194. The van der Waals surface area contributed by atoms with Crippen molar-refractivity contribution in [2.24, 2.45) is 5.92 Å².